The van der Waals surface area contributed by atoms with E-state index in [4.69, 9.17) is 9.72 Å². The predicted molar refractivity (Wildman–Crippen MR) is 81.0 cm³/mol. The van der Waals surface area contributed by atoms with Crippen molar-refractivity contribution < 1.29 is 4.74 Å². The topological polar surface area (TPSA) is 25.4 Å². The molecule has 2 heterocycles. The molecule has 1 aromatic heterocycles. The average molecular weight is 274 g/mol. The molecule has 3 heteroatoms. The summed E-state index contributed by atoms with van der Waals surface area (Å²) in [6, 6.07) is 4.58. The molecule has 0 aromatic carbocycles. The lowest BCUT2D eigenvalue weighted by Gasteiger charge is -2.26. The predicted octanol–water partition coefficient (Wildman–Crippen LogP) is 3.09. The zero-order chi connectivity index (χ0) is 14.2. The third-order valence-corrected chi connectivity index (χ3v) is 4.69. The Morgan fingerprint density at radius 1 is 1.35 bits per heavy atom. The lowest BCUT2D eigenvalue weighted by atomic mass is 9.91. The summed E-state index contributed by atoms with van der Waals surface area (Å²) in [6.07, 6.45) is 4.98. The summed E-state index contributed by atoms with van der Waals surface area (Å²) in [4.78, 5) is 7.24. The number of aromatic nitrogens is 1. The molecule has 0 spiro atoms. The fourth-order valence-electron chi connectivity index (χ4n) is 3.08. The lowest BCUT2D eigenvalue weighted by Crippen LogP contribution is -2.21. The van der Waals surface area contributed by atoms with E-state index in [0.717, 1.165) is 19.8 Å². The van der Waals surface area contributed by atoms with Gasteiger partial charge in [0.15, 0.2) is 0 Å². The van der Waals surface area contributed by atoms with Gasteiger partial charge in [-0.1, -0.05) is 13.0 Å². The molecule has 0 radical (unpaired) electrons. The van der Waals surface area contributed by atoms with Crippen LogP contribution in [0.2, 0.25) is 0 Å². The minimum atomic E-state index is 0.350. The fourth-order valence-corrected chi connectivity index (χ4v) is 3.08. The van der Waals surface area contributed by atoms with E-state index in [-0.39, 0.29) is 0 Å². The Kier molecular flexibility index (Phi) is 3.83. The second-order valence-electron chi connectivity index (χ2n) is 6.94. The van der Waals surface area contributed by atoms with Crippen LogP contribution < -0.4 is 0 Å². The average Bonchev–Trinajstić information content (AvgIpc) is 3.18. The maximum Gasteiger partial charge on any atom is 0.0582 e. The van der Waals surface area contributed by atoms with Gasteiger partial charge in [-0.05, 0) is 51.4 Å². The van der Waals surface area contributed by atoms with E-state index in [0.29, 0.717) is 11.3 Å². The molecule has 3 nitrogen and oxygen atoms in total. The Balaban J connectivity index is 1.90. The van der Waals surface area contributed by atoms with Crippen molar-refractivity contribution in [3.63, 3.8) is 0 Å². The Morgan fingerprint density at radius 3 is 2.75 bits per heavy atom. The number of hydrogen-bond acceptors (Lipinski definition) is 3. The van der Waals surface area contributed by atoms with Gasteiger partial charge >= 0.3 is 0 Å². The zero-order valence-corrected chi connectivity index (χ0v) is 13.0. The van der Waals surface area contributed by atoms with E-state index in [9.17, 15) is 0 Å². The molecule has 1 unspecified atom stereocenters. The second kappa shape index (κ2) is 5.45. The minimum Gasteiger partial charge on any atom is -0.381 e. The number of hydrogen-bond donors (Lipinski definition) is 0. The standard InChI is InChI=1S/C17H26N2O/c1-17(8-9-17)16-7-6-14(13-5-4-10-20-12-13)15(18-16)11-19(2)3/h6-7,13H,4-5,8-12H2,1-3H3. The van der Waals surface area contributed by atoms with Crippen LogP contribution in [0.25, 0.3) is 0 Å². The van der Waals surface area contributed by atoms with Crippen LogP contribution in [0.1, 0.15) is 55.5 Å². The number of rotatable bonds is 4. The van der Waals surface area contributed by atoms with Crippen molar-refractivity contribution >= 4 is 0 Å². The summed E-state index contributed by atoms with van der Waals surface area (Å²) in [5, 5.41) is 0. The van der Waals surface area contributed by atoms with Crippen molar-refractivity contribution in [3.05, 3.63) is 29.1 Å². The van der Waals surface area contributed by atoms with Crippen LogP contribution in [0, 0.1) is 0 Å². The van der Waals surface area contributed by atoms with Gasteiger partial charge in [0.2, 0.25) is 0 Å². The molecule has 20 heavy (non-hydrogen) atoms. The molecule has 0 amide bonds. The summed E-state index contributed by atoms with van der Waals surface area (Å²) >= 11 is 0. The molecule has 3 rings (SSSR count). The Labute approximate surface area is 122 Å². The van der Waals surface area contributed by atoms with E-state index >= 15 is 0 Å². The zero-order valence-electron chi connectivity index (χ0n) is 13.0. The van der Waals surface area contributed by atoms with Crippen molar-refractivity contribution in [1.29, 1.82) is 0 Å². The van der Waals surface area contributed by atoms with E-state index < -0.39 is 0 Å². The summed E-state index contributed by atoms with van der Waals surface area (Å²) in [7, 11) is 4.24. The molecule has 0 bridgehead atoms. The van der Waals surface area contributed by atoms with Gasteiger partial charge < -0.3 is 9.64 Å². The molecular formula is C17H26N2O. The van der Waals surface area contributed by atoms with Crippen LogP contribution in [-0.2, 0) is 16.7 Å². The maximum atomic E-state index is 5.66. The summed E-state index contributed by atoms with van der Waals surface area (Å²) in [6.45, 7) is 5.04. The van der Waals surface area contributed by atoms with Crippen LogP contribution in [0.4, 0.5) is 0 Å². The highest BCUT2D eigenvalue weighted by Crippen LogP contribution is 2.47. The van der Waals surface area contributed by atoms with Crippen LogP contribution >= 0.6 is 0 Å². The maximum absolute atomic E-state index is 5.66. The third kappa shape index (κ3) is 2.89. The second-order valence-corrected chi connectivity index (χ2v) is 6.94. The summed E-state index contributed by atoms with van der Waals surface area (Å²) < 4.78 is 5.66. The largest absolute Gasteiger partial charge is 0.381 e. The Bertz CT molecular complexity index is 474. The van der Waals surface area contributed by atoms with Gasteiger partial charge in [0.05, 0.1) is 12.3 Å². The Morgan fingerprint density at radius 2 is 2.15 bits per heavy atom. The number of nitrogens with zero attached hydrogens (tertiary/aromatic N) is 2. The van der Waals surface area contributed by atoms with Crippen molar-refractivity contribution in [1.82, 2.24) is 9.88 Å². The third-order valence-electron chi connectivity index (χ3n) is 4.69. The SMILES string of the molecule is CN(C)Cc1nc(C2(C)CC2)ccc1C1CCCOC1. The van der Waals surface area contributed by atoms with Crippen LogP contribution in [0.5, 0.6) is 0 Å². The number of ether oxygens (including phenoxy) is 1. The van der Waals surface area contributed by atoms with Gasteiger partial charge in [-0.2, -0.15) is 0 Å². The molecule has 1 saturated carbocycles. The Hall–Kier alpha value is -0.930. The van der Waals surface area contributed by atoms with Crippen molar-refractivity contribution in [2.75, 3.05) is 27.3 Å². The normalized spacial score (nSPS) is 24.9. The van der Waals surface area contributed by atoms with Gasteiger partial charge in [0.25, 0.3) is 0 Å². The van der Waals surface area contributed by atoms with Crippen LogP contribution in [0.15, 0.2) is 12.1 Å². The van der Waals surface area contributed by atoms with Gasteiger partial charge in [-0.25, -0.2) is 0 Å². The summed E-state index contributed by atoms with van der Waals surface area (Å²) in [5.41, 5.74) is 4.31. The monoisotopic (exact) mass is 274 g/mol. The highest BCUT2D eigenvalue weighted by molar-refractivity contribution is 5.32. The molecule has 1 atom stereocenters. The van der Waals surface area contributed by atoms with Crippen molar-refractivity contribution in [2.24, 2.45) is 0 Å². The van der Waals surface area contributed by atoms with Crippen molar-refractivity contribution in [2.45, 2.75) is 50.5 Å². The molecule has 0 N–H and O–H groups in total. The molecule has 2 fully saturated rings. The smallest absolute Gasteiger partial charge is 0.0582 e. The minimum absolute atomic E-state index is 0.350. The first-order chi connectivity index (χ1) is 9.58. The number of pyridine rings is 1. The van der Waals surface area contributed by atoms with Gasteiger partial charge in [-0.15, -0.1) is 0 Å². The first kappa shape index (κ1) is 14.0. The van der Waals surface area contributed by atoms with Crippen LogP contribution in [-0.4, -0.2) is 37.2 Å². The van der Waals surface area contributed by atoms with E-state index in [2.05, 4.69) is 38.1 Å². The molecule has 1 aliphatic heterocycles. The van der Waals surface area contributed by atoms with Crippen molar-refractivity contribution in [3.8, 4) is 0 Å². The molecular weight excluding hydrogens is 248 g/mol. The molecule has 1 aliphatic carbocycles. The van der Waals surface area contributed by atoms with Gasteiger partial charge in [0.1, 0.15) is 0 Å². The van der Waals surface area contributed by atoms with E-state index in [1.165, 1.54) is 42.6 Å². The highest BCUT2D eigenvalue weighted by atomic mass is 16.5. The molecule has 2 aliphatic rings. The van der Waals surface area contributed by atoms with Gasteiger partial charge in [-0.3, -0.25) is 4.98 Å². The van der Waals surface area contributed by atoms with E-state index in [1.807, 2.05) is 0 Å². The highest BCUT2D eigenvalue weighted by Gasteiger charge is 2.40. The molecule has 1 aromatic rings. The van der Waals surface area contributed by atoms with E-state index in [1.54, 1.807) is 0 Å². The molecule has 110 valence electrons. The quantitative estimate of drug-likeness (QED) is 0.843. The first-order valence-electron chi connectivity index (χ1n) is 7.81. The first-order valence-corrected chi connectivity index (χ1v) is 7.81. The summed E-state index contributed by atoms with van der Waals surface area (Å²) in [5.74, 6) is 0.534. The molecule has 1 saturated heterocycles. The van der Waals surface area contributed by atoms with Gasteiger partial charge in [0, 0.05) is 30.2 Å². The van der Waals surface area contributed by atoms with Crippen LogP contribution in [0.3, 0.4) is 0 Å². The lowest BCUT2D eigenvalue weighted by molar-refractivity contribution is 0.0799. The fraction of sp³-hybridized carbons (Fsp3) is 0.706.